The van der Waals surface area contributed by atoms with E-state index in [-0.39, 0.29) is 11.9 Å². The van der Waals surface area contributed by atoms with Crippen LogP contribution in [0.1, 0.15) is 25.7 Å². The molecule has 1 aliphatic rings. The summed E-state index contributed by atoms with van der Waals surface area (Å²) >= 11 is 0. The summed E-state index contributed by atoms with van der Waals surface area (Å²) in [7, 11) is 0. The SMILES string of the molecule is O=C(Nc1ccc2[nH]ccc2c1)C1CCCCCN1. The fourth-order valence-electron chi connectivity index (χ4n) is 2.61. The van der Waals surface area contributed by atoms with Crippen molar-refractivity contribution in [2.45, 2.75) is 31.7 Å². The normalized spacial score (nSPS) is 20.1. The van der Waals surface area contributed by atoms with E-state index in [1.807, 2.05) is 30.5 Å². The molecule has 3 rings (SSSR count). The van der Waals surface area contributed by atoms with E-state index in [4.69, 9.17) is 0 Å². The Morgan fingerprint density at radius 2 is 2.16 bits per heavy atom. The topological polar surface area (TPSA) is 56.9 Å². The van der Waals surface area contributed by atoms with Crippen molar-refractivity contribution >= 4 is 22.5 Å². The van der Waals surface area contributed by atoms with E-state index < -0.39 is 0 Å². The molecular formula is C15H19N3O. The Morgan fingerprint density at radius 1 is 1.21 bits per heavy atom. The minimum Gasteiger partial charge on any atom is -0.361 e. The first-order valence-electron chi connectivity index (χ1n) is 6.94. The lowest BCUT2D eigenvalue weighted by Crippen LogP contribution is -2.39. The summed E-state index contributed by atoms with van der Waals surface area (Å²) < 4.78 is 0. The van der Waals surface area contributed by atoms with Gasteiger partial charge in [-0.3, -0.25) is 4.79 Å². The number of aromatic amines is 1. The van der Waals surface area contributed by atoms with Gasteiger partial charge in [0.05, 0.1) is 6.04 Å². The third-order valence-electron chi connectivity index (χ3n) is 3.70. The van der Waals surface area contributed by atoms with E-state index in [2.05, 4.69) is 15.6 Å². The second-order valence-corrected chi connectivity index (χ2v) is 5.12. The van der Waals surface area contributed by atoms with Gasteiger partial charge in [-0.1, -0.05) is 12.8 Å². The number of nitrogens with one attached hydrogen (secondary N) is 3. The molecule has 4 heteroatoms. The first-order chi connectivity index (χ1) is 9.33. The van der Waals surface area contributed by atoms with Crippen LogP contribution in [0.4, 0.5) is 5.69 Å². The fourth-order valence-corrected chi connectivity index (χ4v) is 2.61. The number of rotatable bonds is 2. The number of benzene rings is 1. The lowest BCUT2D eigenvalue weighted by atomic mass is 10.1. The van der Waals surface area contributed by atoms with Crippen LogP contribution in [0.25, 0.3) is 10.9 Å². The van der Waals surface area contributed by atoms with Gasteiger partial charge in [0.2, 0.25) is 5.91 Å². The average molecular weight is 257 g/mol. The standard InChI is InChI=1S/C15H19N3O/c19-15(14-4-2-1-3-8-16-14)18-12-5-6-13-11(10-12)7-9-17-13/h5-7,9-10,14,16-17H,1-4,8H2,(H,18,19). The van der Waals surface area contributed by atoms with Crippen LogP contribution < -0.4 is 10.6 Å². The Balaban J connectivity index is 1.70. The first kappa shape index (κ1) is 12.2. The van der Waals surface area contributed by atoms with Crippen molar-refractivity contribution < 1.29 is 4.79 Å². The molecule has 0 radical (unpaired) electrons. The predicted octanol–water partition coefficient (Wildman–Crippen LogP) is 2.64. The van der Waals surface area contributed by atoms with Crippen molar-refractivity contribution in [1.82, 2.24) is 10.3 Å². The van der Waals surface area contributed by atoms with Gasteiger partial charge in [-0.25, -0.2) is 0 Å². The summed E-state index contributed by atoms with van der Waals surface area (Å²) in [6.07, 6.45) is 6.34. The average Bonchev–Trinajstić information content (AvgIpc) is 2.71. The van der Waals surface area contributed by atoms with Gasteiger partial charge in [0.1, 0.15) is 0 Å². The van der Waals surface area contributed by atoms with E-state index in [9.17, 15) is 4.79 Å². The summed E-state index contributed by atoms with van der Waals surface area (Å²) in [5.74, 6) is 0.0804. The molecular weight excluding hydrogens is 238 g/mol. The molecule has 0 saturated carbocycles. The van der Waals surface area contributed by atoms with Crippen molar-refractivity contribution in [3.8, 4) is 0 Å². The summed E-state index contributed by atoms with van der Waals surface area (Å²) in [6.45, 7) is 0.939. The molecule has 1 amide bonds. The predicted molar refractivity (Wildman–Crippen MR) is 77.2 cm³/mol. The van der Waals surface area contributed by atoms with Crippen molar-refractivity contribution in [3.05, 3.63) is 30.5 Å². The zero-order valence-electron chi connectivity index (χ0n) is 10.9. The van der Waals surface area contributed by atoms with Gasteiger partial charge >= 0.3 is 0 Å². The molecule has 1 fully saturated rings. The molecule has 1 aliphatic heterocycles. The molecule has 1 atom stereocenters. The molecule has 1 unspecified atom stereocenters. The number of anilines is 1. The number of carbonyl (C=O) groups is 1. The smallest absolute Gasteiger partial charge is 0.241 e. The van der Waals surface area contributed by atoms with Crippen LogP contribution in [0.15, 0.2) is 30.5 Å². The fraction of sp³-hybridized carbons (Fsp3) is 0.400. The van der Waals surface area contributed by atoms with Crippen LogP contribution in [0, 0.1) is 0 Å². The Hall–Kier alpha value is -1.81. The Labute approximate surface area is 112 Å². The maximum atomic E-state index is 12.2. The summed E-state index contributed by atoms with van der Waals surface area (Å²) in [5, 5.41) is 7.44. The highest BCUT2D eigenvalue weighted by atomic mass is 16.2. The van der Waals surface area contributed by atoms with Crippen LogP contribution in [-0.4, -0.2) is 23.5 Å². The lowest BCUT2D eigenvalue weighted by molar-refractivity contribution is -0.118. The number of carbonyl (C=O) groups excluding carboxylic acids is 1. The maximum Gasteiger partial charge on any atom is 0.241 e. The second kappa shape index (κ2) is 5.45. The van der Waals surface area contributed by atoms with Gasteiger partial charge in [-0.05, 0) is 43.7 Å². The van der Waals surface area contributed by atoms with Gasteiger partial charge in [0.15, 0.2) is 0 Å². The number of hydrogen-bond acceptors (Lipinski definition) is 2. The molecule has 4 nitrogen and oxygen atoms in total. The summed E-state index contributed by atoms with van der Waals surface area (Å²) in [6, 6.07) is 7.89. The number of hydrogen-bond donors (Lipinski definition) is 3. The lowest BCUT2D eigenvalue weighted by Gasteiger charge is -2.15. The molecule has 2 heterocycles. The molecule has 19 heavy (non-hydrogen) atoms. The van der Waals surface area contributed by atoms with Crippen LogP contribution >= 0.6 is 0 Å². The molecule has 1 aromatic heterocycles. The number of fused-ring (bicyclic) bond motifs is 1. The van der Waals surface area contributed by atoms with Gasteiger partial charge in [-0.15, -0.1) is 0 Å². The van der Waals surface area contributed by atoms with Gasteiger partial charge in [0.25, 0.3) is 0 Å². The highest BCUT2D eigenvalue weighted by Crippen LogP contribution is 2.18. The highest BCUT2D eigenvalue weighted by molar-refractivity contribution is 5.96. The first-order valence-corrected chi connectivity index (χ1v) is 6.94. The van der Waals surface area contributed by atoms with E-state index in [0.717, 1.165) is 36.0 Å². The van der Waals surface area contributed by atoms with E-state index in [1.54, 1.807) is 0 Å². The zero-order chi connectivity index (χ0) is 13.1. The van der Waals surface area contributed by atoms with Gasteiger partial charge < -0.3 is 15.6 Å². The van der Waals surface area contributed by atoms with E-state index >= 15 is 0 Å². The monoisotopic (exact) mass is 257 g/mol. The second-order valence-electron chi connectivity index (χ2n) is 5.12. The van der Waals surface area contributed by atoms with Crippen LogP contribution in [0.3, 0.4) is 0 Å². The van der Waals surface area contributed by atoms with Crippen molar-refractivity contribution in [1.29, 1.82) is 0 Å². The van der Waals surface area contributed by atoms with E-state index in [1.165, 1.54) is 12.8 Å². The molecule has 2 aromatic rings. The third kappa shape index (κ3) is 2.79. The Kier molecular flexibility index (Phi) is 3.51. The number of amides is 1. The minimum atomic E-state index is -0.0515. The number of H-pyrrole nitrogens is 1. The molecule has 0 aliphatic carbocycles. The van der Waals surface area contributed by atoms with Crippen LogP contribution in [-0.2, 0) is 4.79 Å². The Bertz CT molecular complexity index is 568. The van der Waals surface area contributed by atoms with Gasteiger partial charge in [-0.2, -0.15) is 0 Å². The molecule has 0 bridgehead atoms. The van der Waals surface area contributed by atoms with Gasteiger partial charge in [0, 0.05) is 22.8 Å². The van der Waals surface area contributed by atoms with Crippen molar-refractivity contribution in [3.63, 3.8) is 0 Å². The van der Waals surface area contributed by atoms with Crippen LogP contribution in [0.5, 0.6) is 0 Å². The summed E-state index contributed by atoms with van der Waals surface area (Å²) in [4.78, 5) is 15.4. The third-order valence-corrected chi connectivity index (χ3v) is 3.70. The van der Waals surface area contributed by atoms with Crippen LogP contribution in [0.2, 0.25) is 0 Å². The maximum absolute atomic E-state index is 12.2. The Morgan fingerprint density at radius 3 is 3.11 bits per heavy atom. The molecule has 3 N–H and O–H groups in total. The summed E-state index contributed by atoms with van der Waals surface area (Å²) in [5.41, 5.74) is 1.95. The largest absolute Gasteiger partial charge is 0.361 e. The quantitative estimate of drug-likeness (QED) is 0.774. The molecule has 0 spiro atoms. The molecule has 1 saturated heterocycles. The number of aromatic nitrogens is 1. The molecule has 1 aromatic carbocycles. The van der Waals surface area contributed by atoms with E-state index in [0.29, 0.717) is 0 Å². The highest BCUT2D eigenvalue weighted by Gasteiger charge is 2.19. The van der Waals surface area contributed by atoms with Crippen molar-refractivity contribution in [2.75, 3.05) is 11.9 Å². The molecule has 100 valence electrons. The minimum absolute atomic E-state index is 0.0515. The van der Waals surface area contributed by atoms with Crippen molar-refractivity contribution in [2.24, 2.45) is 0 Å². The zero-order valence-corrected chi connectivity index (χ0v) is 10.9.